The Morgan fingerprint density at radius 1 is 1.14 bits per heavy atom. The van der Waals surface area contributed by atoms with Gasteiger partial charge >= 0.3 is 0 Å². The second kappa shape index (κ2) is 8.37. The Bertz CT molecular complexity index is 399. The first kappa shape index (κ1) is 16.3. The average molecular weight is 291 g/mol. The van der Waals surface area contributed by atoms with Crippen LogP contribution in [0.25, 0.3) is 0 Å². The highest BCUT2D eigenvalue weighted by atomic mass is 16.5. The summed E-state index contributed by atoms with van der Waals surface area (Å²) in [5, 5.41) is 3.28. The minimum Gasteiger partial charge on any atom is -0.380 e. The van der Waals surface area contributed by atoms with E-state index in [2.05, 4.69) is 53.2 Å². The van der Waals surface area contributed by atoms with Crippen LogP contribution in [0.15, 0.2) is 24.3 Å². The van der Waals surface area contributed by atoms with E-state index < -0.39 is 0 Å². The van der Waals surface area contributed by atoms with Gasteiger partial charge in [-0.25, -0.2) is 0 Å². The third-order valence-corrected chi connectivity index (χ3v) is 4.32. The summed E-state index contributed by atoms with van der Waals surface area (Å²) >= 11 is 0. The van der Waals surface area contributed by atoms with Gasteiger partial charge in [-0.2, -0.15) is 0 Å². The molecule has 2 rings (SSSR count). The average Bonchev–Trinajstić information content (AvgIpc) is 2.55. The third-order valence-electron chi connectivity index (χ3n) is 4.32. The van der Waals surface area contributed by atoms with Crippen molar-refractivity contribution in [1.82, 2.24) is 10.2 Å². The van der Waals surface area contributed by atoms with Gasteiger partial charge in [0.25, 0.3) is 0 Å². The number of nitrogens with zero attached hydrogens (tertiary/aromatic N) is 2. The van der Waals surface area contributed by atoms with Crippen molar-refractivity contribution in [2.45, 2.75) is 19.9 Å². The fraction of sp³-hybridized carbons (Fsp3) is 0.647. The highest BCUT2D eigenvalue weighted by molar-refractivity contribution is 5.48. The van der Waals surface area contributed by atoms with Crippen molar-refractivity contribution < 1.29 is 4.74 Å². The molecule has 0 saturated carbocycles. The molecule has 0 aromatic heterocycles. The zero-order valence-electron chi connectivity index (χ0n) is 13.6. The molecule has 1 atom stereocenters. The molecule has 1 aliphatic heterocycles. The molecule has 1 N–H and O–H groups in total. The van der Waals surface area contributed by atoms with E-state index in [4.69, 9.17) is 4.74 Å². The van der Waals surface area contributed by atoms with Gasteiger partial charge in [0.05, 0.1) is 6.61 Å². The van der Waals surface area contributed by atoms with Crippen molar-refractivity contribution in [2.75, 3.05) is 57.9 Å². The van der Waals surface area contributed by atoms with Gasteiger partial charge in [0.1, 0.15) is 0 Å². The molecule has 0 bridgehead atoms. The summed E-state index contributed by atoms with van der Waals surface area (Å²) < 4.78 is 5.43. The van der Waals surface area contributed by atoms with Crippen LogP contribution in [0.1, 0.15) is 25.5 Å². The largest absolute Gasteiger partial charge is 0.380 e. The predicted molar refractivity (Wildman–Crippen MR) is 89.1 cm³/mol. The Kier molecular flexibility index (Phi) is 6.49. The number of benzene rings is 1. The normalized spacial score (nSPS) is 18.0. The number of hydrogen-bond acceptors (Lipinski definition) is 4. The second-order valence-corrected chi connectivity index (χ2v) is 5.63. The maximum Gasteiger partial charge on any atom is 0.0593 e. The molecule has 1 aromatic rings. The fourth-order valence-electron chi connectivity index (χ4n) is 2.71. The first-order valence-electron chi connectivity index (χ1n) is 8.07. The minimum atomic E-state index is 0.412. The number of rotatable bonds is 7. The van der Waals surface area contributed by atoms with Crippen molar-refractivity contribution >= 4 is 5.69 Å². The lowest BCUT2D eigenvalue weighted by Gasteiger charge is -2.36. The van der Waals surface area contributed by atoms with Gasteiger partial charge < -0.3 is 15.0 Å². The van der Waals surface area contributed by atoms with E-state index in [0.29, 0.717) is 6.04 Å². The van der Waals surface area contributed by atoms with Crippen molar-refractivity contribution in [1.29, 1.82) is 0 Å². The Morgan fingerprint density at radius 2 is 1.81 bits per heavy atom. The van der Waals surface area contributed by atoms with Crippen molar-refractivity contribution in [3.8, 4) is 0 Å². The summed E-state index contributed by atoms with van der Waals surface area (Å²) in [5.41, 5.74) is 2.68. The lowest BCUT2D eigenvalue weighted by Crippen LogP contribution is -2.47. The molecule has 1 saturated heterocycles. The molecule has 0 radical (unpaired) electrons. The van der Waals surface area contributed by atoms with Gasteiger partial charge in [0, 0.05) is 51.1 Å². The monoisotopic (exact) mass is 291 g/mol. The first-order valence-corrected chi connectivity index (χ1v) is 8.07. The Morgan fingerprint density at radius 3 is 2.38 bits per heavy atom. The summed E-state index contributed by atoms with van der Waals surface area (Å²) in [4.78, 5) is 4.97. The summed E-state index contributed by atoms with van der Waals surface area (Å²) in [6.07, 6.45) is 0. The predicted octanol–water partition coefficient (Wildman–Crippen LogP) is 2.13. The van der Waals surface area contributed by atoms with E-state index in [9.17, 15) is 0 Å². The molecule has 0 spiro atoms. The lowest BCUT2D eigenvalue weighted by molar-refractivity contribution is 0.111. The van der Waals surface area contributed by atoms with Crippen LogP contribution < -0.4 is 10.2 Å². The molecule has 4 heteroatoms. The number of ether oxygens (including phenoxy) is 1. The van der Waals surface area contributed by atoms with Crippen LogP contribution in [-0.4, -0.2) is 57.9 Å². The molecule has 4 nitrogen and oxygen atoms in total. The van der Waals surface area contributed by atoms with Crippen LogP contribution in [0.2, 0.25) is 0 Å². The molecular formula is C17H29N3O. The molecular weight excluding hydrogens is 262 g/mol. The molecule has 1 aliphatic rings. The maximum absolute atomic E-state index is 5.43. The van der Waals surface area contributed by atoms with Gasteiger partial charge in [0.2, 0.25) is 0 Å². The maximum atomic E-state index is 5.43. The van der Waals surface area contributed by atoms with Crippen LogP contribution in [0, 0.1) is 0 Å². The van der Waals surface area contributed by atoms with E-state index in [-0.39, 0.29) is 0 Å². The fourth-order valence-corrected chi connectivity index (χ4v) is 2.71. The summed E-state index contributed by atoms with van der Waals surface area (Å²) in [6.45, 7) is 11.4. The van der Waals surface area contributed by atoms with Crippen LogP contribution in [0.5, 0.6) is 0 Å². The smallest absolute Gasteiger partial charge is 0.0593 e. The number of piperazine rings is 1. The summed E-state index contributed by atoms with van der Waals surface area (Å²) in [7, 11) is 2.00. The number of hydrogen-bond donors (Lipinski definition) is 1. The molecule has 0 amide bonds. The standard InChI is InChI=1S/C17H29N3O/c1-4-21-14-13-19-9-11-20(12-10-19)17-7-5-16(6-8-17)15(2)18-3/h5-8,15,18H,4,9-14H2,1-3H3. The Hall–Kier alpha value is -1.10. The molecule has 1 heterocycles. The lowest BCUT2D eigenvalue weighted by atomic mass is 10.1. The van der Waals surface area contributed by atoms with E-state index >= 15 is 0 Å². The number of anilines is 1. The quantitative estimate of drug-likeness (QED) is 0.779. The van der Waals surface area contributed by atoms with Crippen LogP contribution in [0.4, 0.5) is 5.69 Å². The molecule has 1 unspecified atom stereocenters. The van der Waals surface area contributed by atoms with Gasteiger partial charge in [-0.3, -0.25) is 4.90 Å². The molecule has 1 fully saturated rings. The van der Waals surface area contributed by atoms with E-state index in [0.717, 1.165) is 45.9 Å². The molecule has 21 heavy (non-hydrogen) atoms. The first-order chi connectivity index (χ1) is 10.2. The minimum absolute atomic E-state index is 0.412. The third kappa shape index (κ3) is 4.70. The highest BCUT2D eigenvalue weighted by Crippen LogP contribution is 2.20. The van der Waals surface area contributed by atoms with Crippen molar-refractivity contribution in [3.05, 3.63) is 29.8 Å². The van der Waals surface area contributed by atoms with Gasteiger partial charge in [-0.1, -0.05) is 12.1 Å². The molecule has 1 aromatic carbocycles. The highest BCUT2D eigenvalue weighted by Gasteiger charge is 2.16. The second-order valence-electron chi connectivity index (χ2n) is 5.63. The zero-order chi connectivity index (χ0) is 15.1. The number of nitrogens with one attached hydrogen (secondary N) is 1. The van der Waals surface area contributed by atoms with Crippen LogP contribution in [-0.2, 0) is 4.74 Å². The van der Waals surface area contributed by atoms with Crippen molar-refractivity contribution in [2.24, 2.45) is 0 Å². The van der Waals surface area contributed by atoms with Crippen LogP contribution >= 0.6 is 0 Å². The zero-order valence-corrected chi connectivity index (χ0v) is 13.6. The Balaban J connectivity index is 1.82. The SMILES string of the molecule is CCOCCN1CCN(c2ccc(C(C)NC)cc2)CC1. The summed E-state index contributed by atoms with van der Waals surface area (Å²) in [5.74, 6) is 0. The van der Waals surface area contributed by atoms with Gasteiger partial charge in [0.15, 0.2) is 0 Å². The van der Waals surface area contributed by atoms with Gasteiger partial charge in [-0.05, 0) is 38.6 Å². The topological polar surface area (TPSA) is 27.7 Å². The van der Waals surface area contributed by atoms with E-state index in [1.54, 1.807) is 0 Å². The van der Waals surface area contributed by atoms with E-state index in [1.165, 1.54) is 11.3 Å². The van der Waals surface area contributed by atoms with E-state index in [1.807, 2.05) is 7.05 Å². The van der Waals surface area contributed by atoms with Gasteiger partial charge in [-0.15, -0.1) is 0 Å². The van der Waals surface area contributed by atoms with Crippen molar-refractivity contribution in [3.63, 3.8) is 0 Å². The molecule has 118 valence electrons. The van der Waals surface area contributed by atoms with Crippen LogP contribution in [0.3, 0.4) is 0 Å². The Labute approximate surface area is 129 Å². The summed E-state index contributed by atoms with van der Waals surface area (Å²) in [6, 6.07) is 9.38. The molecule has 0 aliphatic carbocycles.